The van der Waals surface area contributed by atoms with Gasteiger partial charge in [0, 0.05) is 49.2 Å². The number of benzene rings is 1. The van der Waals surface area contributed by atoms with Crippen LogP contribution < -0.4 is 10.2 Å². The first-order valence-corrected chi connectivity index (χ1v) is 14.2. The van der Waals surface area contributed by atoms with Crippen molar-refractivity contribution in [2.75, 3.05) is 51.3 Å². The molecule has 0 saturated carbocycles. The van der Waals surface area contributed by atoms with E-state index in [9.17, 15) is 14.4 Å². The summed E-state index contributed by atoms with van der Waals surface area (Å²) in [7, 11) is 2.14. The maximum Gasteiger partial charge on any atom is 0.251 e. The van der Waals surface area contributed by atoms with Gasteiger partial charge in [-0.1, -0.05) is 32.9 Å². The lowest BCUT2D eigenvalue weighted by Gasteiger charge is -2.32. The molecule has 0 aliphatic carbocycles. The van der Waals surface area contributed by atoms with Gasteiger partial charge >= 0.3 is 0 Å². The van der Waals surface area contributed by atoms with Crippen LogP contribution in [0.4, 0.5) is 5.13 Å². The molecular weight excluding hydrogens is 502 g/mol. The maximum absolute atomic E-state index is 13.6. The fourth-order valence-electron chi connectivity index (χ4n) is 5.43. The zero-order valence-electron chi connectivity index (χ0n) is 22.6. The Balaban J connectivity index is 1.27. The van der Waals surface area contributed by atoms with Gasteiger partial charge in [0.15, 0.2) is 10.9 Å². The second kappa shape index (κ2) is 10.7. The van der Waals surface area contributed by atoms with E-state index in [1.54, 1.807) is 28.4 Å². The number of hydrogen-bond donors (Lipinski definition) is 1. The Morgan fingerprint density at radius 2 is 1.84 bits per heavy atom. The molecule has 2 aromatic rings. The van der Waals surface area contributed by atoms with Crippen LogP contribution in [0.25, 0.3) is 11.3 Å². The van der Waals surface area contributed by atoms with Crippen LogP contribution in [0.15, 0.2) is 29.6 Å². The van der Waals surface area contributed by atoms with Crippen molar-refractivity contribution in [3.63, 3.8) is 0 Å². The van der Waals surface area contributed by atoms with Crippen molar-refractivity contribution in [2.45, 2.75) is 51.8 Å². The molecule has 204 valence electrons. The van der Waals surface area contributed by atoms with Gasteiger partial charge in [-0.05, 0) is 37.4 Å². The second-order valence-electron chi connectivity index (χ2n) is 11.8. The molecule has 3 saturated heterocycles. The van der Waals surface area contributed by atoms with E-state index in [1.165, 1.54) is 0 Å². The normalized spacial score (nSPS) is 23.0. The Bertz CT molecular complexity index is 1180. The summed E-state index contributed by atoms with van der Waals surface area (Å²) in [6.07, 6.45) is 0.881. The van der Waals surface area contributed by atoms with E-state index in [0.29, 0.717) is 24.9 Å². The van der Waals surface area contributed by atoms with Crippen LogP contribution in [0, 0.1) is 5.41 Å². The molecule has 5 rings (SSSR count). The van der Waals surface area contributed by atoms with Crippen LogP contribution in [-0.2, 0) is 14.3 Å². The van der Waals surface area contributed by atoms with E-state index < -0.39 is 12.1 Å². The van der Waals surface area contributed by atoms with Crippen molar-refractivity contribution < 1.29 is 19.1 Å². The van der Waals surface area contributed by atoms with Crippen LogP contribution in [0.5, 0.6) is 0 Å². The molecule has 0 bridgehead atoms. The molecule has 2 amide bonds. The van der Waals surface area contributed by atoms with Gasteiger partial charge in [-0.15, -0.1) is 11.3 Å². The number of aromatic nitrogens is 1. The highest BCUT2D eigenvalue weighted by molar-refractivity contribution is 7.14. The number of thiazole rings is 1. The number of rotatable bonds is 6. The number of piperazine rings is 1. The predicted molar refractivity (Wildman–Crippen MR) is 147 cm³/mol. The molecule has 3 aliphatic heterocycles. The van der Waals surface area contributed by atoms with Crippen molar-refractivity contribution in [3.8, 4) is 11.3 Å². The highest BCUT2D eigenvalue weighted by atomic mass is 32.1. The van der Waals surface area contributed by atoms with Gasteiger partial charge in [0.1, 0.15) is 18.7 Å². The Labute approximate surface area is 228 Å². The smallest absolute Gasteiger partial charge is 0.251 e. The fourth-order valence-corrected chi connectivity index (χ4v) is 6.32. The van der Waals surface area contributed by atoms with Crippen LogP contribution in [0.3, 0.4) is 0 Å². The number of ketones is 1. The van der Waals surface area contributed by atoms with Gasteiger partial charge in [-0.2, -0.15) is 0 Å². The van der Waals surface area contributed by atoms with Crippen LogP contribution >= 0.6 is 11.3 Å². The monoisotopic (exact) mass is 539 g/mol. The standard InChI is InChI=1S/C28H37N5O4S/c1-28(2,3)15-20(26(36)33-10-9-23-24(33)22(34)16-37-23)29-25(35)19-7-5-18(6-8-19)21-17-38-27(30-21)32-13-11-31(4)12-14-32/h5-8,17,20,23-24H,9-16H2,1-4H3,(H,29,35)/t20-,23+,24+/m0/s1. The molecule has 0 radical (unpaired) electrons. The van der Waals surface area contributed by atoms with Crippen molar-refractivity contribution >= 4 is 34.1 Å². The van der Waals surface area contributed by atoms with Gasteiger partial charge in [0.2, 0.25) is 5.91 Å². The van der Waals surface area contributed by atoms with Crippen LogP contribution in [0.2, 0.25) is 0 Å². The van der Waals surface area contributed by atoms with E-state index in [-0.39, 0.29) is 35.7 Å². The first kappa shape index (κ1) is 26.8. The molecule has 9 nitrogen and oxygen atoms in total. The SMILES string of the molecule is CN1CCN(c2nc(-c3ccc(C(=O)N[C@@H](CC(C)(C)C)C(=O)N4CC[C@H]5OCC(=O)[C@H]54)cc3)cs2)CC1. The number of hydrogen-bond acceptors (Lipinski definition) is 8. The summed E-state index contributed by atoms with van der Waals surface area (Å²) in [5, 5.41) is 6.04. The summed E-state index contributed by atoms with van der Waals surface area (Å²) in [5.74, 6) is -0.578. The lowest BCUT2D eigenvalue weighted by atomic mass is 9.87. The summed E-state index contributed by atoms with van der Waals surface area (Å²) >= 11 is 1.64. The molecule has 1 aromatic carbocycles. The average molecular weight is 540 g/mol. The average Bonchev–Trinajstić information content (AvgIpc) is 3.61. The first-order valence-electron chi connectivity index (χ1n) is 13.3. The Hall–Kier alpha value is -2.82. The summed E-state index contributed by atoms with van der Waals surface area (Å²) in [4.78, 5) is 50.2. The van der Waals surface area contributed by atoms with Gasteiger partial charge < -0.3 is 24.8 Å². The minimum atomic E-state index is -0.723. The Morgan fingerprint density at radius 3 is 2.53 bits per heavy atom. The summed E-state index contributed by atoms with van der Waals surface area (Å²) in [6, 6.07) is 6.10. The maximum atomic E-state index is 13.6. The summed E-state index contributed by atoms with van der Waals surface area (Å²) in [5.41, 5.74) is 2.13. The van der Waals surface area contributed by atoms with Gasteiger partial charge in [0.25, 0.3) is 5.91 Å². The molecule has 10 heteroatoms. The third-order valence-corrected chi connectivity index (χ3v) is 8.43. The van der Waals surface area contributed by atoms with Crippen molar-refractivity contribution in [3.05, 3.63) is 35.2 Å². The molecular formula is C28H37N5O4S. The number of nitrogens with zero attached hydrogens (tertiary/aromatic N) is 4. The number of fused-ring (bicyclic) bond motifs is 1. The van der Waals surface area contributed by atoms with Crippen molar-refractivity contribution in [2.24, 2.45) is 5.41 Å². The van der Waals surface area contributed by atoms with Gasteiger partial charge in [-0.3, -0.25) is 14.4 Å². The molecule has 0 spiro atoms. The number of carbonyl (C=O) groups excluding carboxylic acids is 3. The highest BCUT2D eigenvalue weighted by Gasteiger charge is 2.48. The Kier molecular flexibility index (Phi) is 7.57. The van der Waals surface area contributed by atoms with Crippen LogP contribution in [0.1, 0.15) is 44.0 Å². The molecule has 3 fully saturated rings. The van der Waals surface area contributed by atoms with E-state index in [2.05, 4.69) is 27.5 Å². The quantitative estimate of drug-likeness (QED) is 0.603. The summed E-state index contributed by atoms with van der Waals surface area (Å²) < 4.78 is 5.55. The molecule has 1 N–H and O–H groups in total. The third kappa shape index (κ3) is 5.77. The van der Waals surface area contributed by atoms with Crippen molar-refractivity contribution in [1.82, 2.24) is 20.1 Å². The topological polar surface area (TPSA) is 95.1 Å². The Morgan fingerprint density at radius 1 is 1.13 bits per heavy atom. The number of nitrogens with one attached hydrogen (secondary N) is 1. The number of carbonyl (C=O) groups is 3. The lowest BCUT2D eigenvalue weighted by molar-refractivity contribution is -0.138. The second-order valence-corrected chi connectivity index (χ2v) is 12.6. The molecule has 4 heterocycles. The molecule has 38 heavy (non-hydrogen) atoms. The zero-order valence-corrected chi connectivity index (χ0v) is 23.4. The van der Waals surface area contributed by atoms with Gasteiger partial charge in [0.05, 0.1) is 11.8 Å². The largest absolute Gasteiger partial charge is 0.368 e. The number of Topliss-reactive ketones (excluding diaryl/α,β-unsaturated/α-hetero) is 1. The van der Waals surface area contributed by atoms with E-state index in [0.717, 1.165) is 42.6 Å². The number of likely N-dealkylation sites (N-methyl/N-ethyl adjacent to an activating group) is 1. The molecule has 1 aromatic heterocycles. The first-order chi connectivity index (χ1) is 18.1. The minimum absolute atomic E-state index is 0.0532. The predicted octanol–water partition coefficient (Wildman–Crippen LogP) is 2.67. The van der Waals surface area contributed by atoms with Crippen molar-refractivity contribution in [1.29, 1.82) is 0 Å². The number of anilines is 1. The number of amides is 2. The fraction of sp³-hybridized carbons (Fsp3) is 0.571. The van der Waals surface area contributed by atoms with E-state index in [1.807, 2.05) is 32.9 Å². The summed E-state index contributed by atoms with van der Waals surface area (Å²) in [6.45, 7) is 10.6. The van der Waals surface area contributed by atoms with Crippen LogP contribution in [-0.4, -0.2) is 96.9 Å². The molecule has 3 atom stereocenters. The molecule has 0 unspecified atom stereocenters. The van der Waals surface area contributed by atoms with Gasteiger partial charge in [-0.25, -0.2) is 4.98 Å². The lowest BCUT2D eigenvalue weighted by Crippen LogP contribution is -2.53. The van der Waals surface area contributed by atoms with E-state index in [4.69, 9.17) is 9.72 Å². The number of likely N-dealkylation sites (tertiary alicyclic amines) is 1. The van der Waals surface area contributed by atoms with E-state index >= 15 is 0 Å². The zero-order chi connectivity index (χ0) is 27.0. The third-order valence-electron chi connectivity index (χ3n) is 7.52. The number of ether oxygens (including phenoxy) is 1. The molecule has 3 aliphatic rings. The highest BCUT2D eigenvalue weighted by Crippen LogP contribution is 2.31. The minimum Gasteiger partial charge on any atom is -0.368 e.